The summed E-state index contributed by atoms with van der Waals surface area (Å²) in [5.41, 5.74) is 9.00. The van der Waals surface area contributed by atoms with Gasteiger partial charge in [-0.05, 0) is 34.2 Å². The Hall–Kier alpha value is -3.06. The molecule has 3 aromatic rings. The molecule has 0 aliphatic carbocycles. The zero-order chi connectivity index (χ0) is 16.2. The number of benzene rings is 2. The number of amides is 1. The lowest BCUT2D eigenvalue weighted by Crippen LogP contribution is -2.07. The summed E-state index contributed by atoms with van der Waals surface area (Å²) >= 11 is 0. The van der Waals surface area contributed by atoms with E-state index in [9.17, 15) is 4.79 Å². The van der Waals surface area contributed by atoms with Crippen molar-refractivity contribution in [2.24, 2.45) is 5.73 Å². The van der Waals surface area contributed by atoms with Crippen LogP contribution in [-0.4, -0.2) is 26.1 Å². The molecule has 0 fully saturated rings. The Morgan fingerprint density at radius 1 is 1.22 bits per heavy atom. The van der Waals surface area contributed by atoms with E-state index in [0.29, 0.717) is 18.1 Å². The van der Waals surface area contributed by atoms with Gasteiger partial charge in [-0.2, -0.15) is 4.68 Å². The van der Waals surface area contributed by atoms with Crippen LogP contribution < -0.4 is 11.1 Å². The quantitative estimate of drug-likeness (QED) is 0.765. The average molecular weight is 308 g/mol. The highest BCUT2D eigenvalue weighted by atomic mass is 16.1. The number of carbonyl (C=O) groups is 1. The third kappa shape index (κ3) is 3.24. The lowest BCUT2D eigenvalue weighted by molar-refractivity contribution is -0.114. The van der Waals surface area contributed by atoms with Gasteiger partial charge in [-0.3, -0.25) is 4.79 Å². The van der Waals surface area contributed by atoms with Crippen molar-refractivity contribution in [3.8, 4) is 17.1 Å². The van der Waals surface area contributed by atoms with Crippen LogP contribution >= 0.6 is 0 Å². The largest absolute Gasteiger partial charge is 0.326 e. The van der Waals surface area contributed by atoms with Crippen molar-refractivity contribution in [2.75, 3.05) is 5.32 Å². The Morgan fingerprint density at radius 3 is 2.70 bits per heavy atom. The molecular weight excluding hydrogens is 292 g/mol. The number of nitrogens with one attached hydrogen (secondary N) is 1. The smallest absolute Gasteiger partial charge is 0.221 e. The molecule has 1 amide bonds. The van der Waals surface area contributed by atoms with Crippen molar-refractivity contribution in [1.82, 2.24) is 20.2 Å². The molecular formula is C16H16N6O. The van der Waals surface area contributed by atoms with E-state index in [1.165, 1.54) is 6.92 Å². The van der Waals surface area contributed by atoms with Crippen LogP contribution in [0.1, 0.15) is 12.5 Å². The van der Waals surface area contributed by atoms with Crippen LogP contribution in [0, 0.1) is 0 Å². The first-order valence-corrected chi connectivity index (χ1v) is 7.13. The monoisotopic (exact) mass is 308 g/mol. The van der Waals surface area contributed by atoms with Gasteiger partial charge in [0.15, 0.2) is 5.82 Å². The van der Waals surface area contributed by atoms with Crippen molar-refractivity contribution < 1.29 is 4.79 Å². The maximum Gasteiger partial charge on any atom is 0.221 e. The van der Waals surface area contributed by atoms with Gasteiger partial charge in [-0.15, -0.1) is 5.10 Å². The van der Waals surface area contributed by atoms with Gasteiger partial charge < -0.3 is 11.1 Å². The summed E-state index contributed by atoms with van der Waals surface area (Å²) in [6.07, 6.45) is 0. The molecule has 0 spiro atoms. The molecule has 0 aliphatic rings. The minimum absolute atomic E-state index is 0.128. The van der Waals surface area contributed by atoms with Gasteiger partial charge in [0.05, 0.1) is 5.69 Å². The second kappa shape index (κ2) is 6.37. The predicted octanol–water partition coefficient (Wildman–Crippen LogP) is 1.75. The molecule has 0 unspecified atom stereocenters. The minimum Gasteiger partial charge on any atom is -0.326 e. The van der Waals surface area contributed by atoms with Gasteiger partial charge in [0.2, 0.25) is 5.91 Å². The Bertz CT molecular complexity index is 825. The van der Waals surface area contributed by atoms with Crippen molar-refractivity contribution in [2.45, 2.75) is 13.5 Å². The summed E-state index contributed by atoms with van der Waals surface area (Å²) in [5, 5.41) is 14.6. The van der Waals surface area contributed by atoms with E-state index in [2.05, 4.69) is 20.8 Å². The summed E-state index contributed by atoms with van der Waals surface area (Å²) in [5.74, 6) is 0.491. The number of tetrazole rings is 1. The van der Waals surface area contributed by atoms with Crippen LogP contribution in [0.3, 0.4) is 0 Å². The average Bonchev–Trinajstić information content (AvgIpc) is 3.04. The normalized spacial score (nSPS) is 10.5. The molecule has 23 heavy (non-hydrogen) atoms. The molecule has 7 heteroatoms. The molecule has 0 saturated heterocycles. The van der Waals surface area contributed by atoms with Crippen molar-refractivity contribution in [3.05, 3.63) is 54.1 Å². The van der Waals surface area contributed by atoms with E-state index >= 15 is 0 Å². The standard InChI is InChI=1S/C16H16N6O/c1-11(23)18-14-3-2-4-15(9-14)22-16(19-20-21-22)13-7-5-12(10-17)6-8-13/h2-9H,10,17H2,1H3,(H,18,23). The number of nitrogens with zero attached hydrogens (tertiary/aromatic N) is 4. The van der Waals surface area contributed by atoms with E-state index in [-0.39, 0.29) is 5.91 Å². The van der Waals surface area contributed by atoms with Crippen molar-refractivity contribution in [3.63, 3.8) is 0 Å². The number of aromatic nitrogens is 4. The zero-order valence-corrected chi connectivity index (χ0v) is 12.6. The molecule has 2 aromatic carbocycles. The van der Waals surface area contributed by atoms with E-state index < -0.39 is 0 Å². The molecule has 0 aliphatic heterocycles. The van der Waals surface area contributed by atoms with Crippen LogP contribution in [0.5, 0.6) is 0 Å². The molecule has 116 valence electrons. The first kappa shape index (κ1) is 14.9. The fraction of sp³-hybridized carbons (Fsp3) is 0.125. The van der Waals surface area contributed by atoms with Crippen molar-refractivity contribution in [1.29, 1.82) is 0 Å². The maximum absolute atomic E-state index is 11.2. The topological polar surface area (TPSA) is 98.7 Å². The minimum atomic E-state index is -0.128. The van der Waals surface area contributed by atoms with E-state index in [1.807, 2.05) is 48.5 Å². The van der Waals surface area contributed by atoms with Gasteiger partial charge >= 0.3 is 0 Å². The van der Waals surface area contributed by atoms with Crippen LogP contribution in [0.4, 0.5) is 5.69 Å². The van der Waals surface area contributed by atoms with Gasteiger partial charge in [0, 0.05) is 24.7 Å². The highest BCUT2D eigenvalue weighted by Crippen LogP contribution is 2.21. The summed E-state index contributed by atoms with van der Waals surface area (Å²) in [7, 11) is 0. The summed E-state index contributed by atoms with van der Waals surface area (Å²) in [6.45, 7) is 1.96. The maximum atomic E-state index is 11.2. The third-order valence-corrected chi connectivity index (χ3v) is 3.33. The molecule has 0 radical (unpaired) electrons. The third-order valence-electron chi connectivity index (χ3n) is 3.33. The number of hydrogen-bond donors (Lipinski definition) is 2. The second-order valence-electron chi connectivity index (χ2n) is 5.05. The fourth-order valence-electron chi connectivity index (χ4n) is 2.25. The Labute approximate surface area is 133 Å². The van der Waals surface area contributed by atoms with E-state index in [1.54, 1.807) is 4.68 Å². The highest BCUT2D eigenvalue weighted by molar-refractivity contribution is 5.88. The van der Waals surface area contributed by atoms with Gasteiger partial charge in [0.25, 0.3) is 0 Å². The zero-order valence-electron chi connectivity index (χ0n) is 12.6. The van der Waals surface area contributed by atoms with Gasteiger partial charge in [-0.25, -0.2) is 0 Å². The number of rotatable bonds is 4. The lowest BCUT2D eigenvalue weighted by Gasteiger charge is -2.08. The van der Waals surface area contributed by atoms with Gasteiger partial charge in [0.1, 0.15) is 0 Å². The van der Waals surface area contributed by atoms with Crippen LogP contribution in [0.15, 0.2) is 48.5 Å². The van der Waals surface area contributed by atoms with E-state index in [4.69, 9.17) is 5.73 Å². The molecule has 7 nitrogen and oxygen atoms in total. The summed E-state index contributed by atoms with van der Waals surface area (Å²) < 4.78 is 1.63. The molecule has 0 atom stereocenters. The number of carbonyl (C=O) groups excluding carboxylic acids is 1. The number of anilines is 1. The first-order chi connectivity index (χ1) is 11.2. The SMILES string of the molecule is CC(=O)Nc1cccc(-n2nnnc2-c2ccc(CN)cc2)c1. The number of hydrogen-bond acceptors (Lipinski definition) is 5. The summed E-state index contributed by atoms with van der Waals surface area (Å²) in [4.78, 5) is 11.2. The van der Waals surface area contributed by atoms with Crippen LogP contribution in [0.2, 0.25) is 0 Å². The van der Waals surface area contributed by atoms with Crippen LogP contribution in [0.25, 0.3) is 17.1 Å². The van der Waals surface area contributed by atoms with E-state index in [0.717, 1.165) is 16.8 Å². The van der Waals surface area contributed by atoms with Crippen molar-refractivity contribution >= 4 is 11.6 Å². The predicted molar refractivity (Wildman–Crippen MR) is 86.8 cm³/mol. The molecule has 0 bridgehead atoms. The van der Waals surface area contributed by atoms with Crippen LogP contribution in [-0.2, 0) is 11.3 Å². The molecule has 3 rings (SSSR count). The second-order valence-corrected chi connectivity index (χ2v) is 5.05. The van der Waals surface area contributed by atoms with Gasteiger partial charge in [-0.1, -0.05) is 30.3 Å². The highest BCUT2D eigenvalue weighted by Gasteiger charge is 2.11. The molecule has 1 heterocycles. The molecule has 1 aromatic heterocycles. The molecule has 3 N–H and O–H groups in total. The number of nitrogens with two attached hydrogens (primary N) is 1. The Balaban J connectivity index is 1.98. The molecule has 0 saturated carbocycles. The fourth-order valence-corrected chi connectivity index (χ4v) is 2.25. The summed E-state index contributed by atoms with van der Waals surface area (Å²) in [6, 6.07) is 15.1. The first-order valence-electron chi connectivity index (χ1n) is 7.13. The Morgan fingerprint density at radius 2 is 2.00 bits per heavy atom. The lowest BCUT2D eigenvalue weighted by atomic mass is 10.1. The Kier molecular flexibility index (Phi) is 4.11.